The van der Waals surface area contributed by atoms with Gasteiger partial charge in [-0.25, -0.2) is 21.6 Å². The molecule has 0 saturated heterocycles. The normalized spacial score (nSPS) is 11.6. The fourth-order valence-corrected chi connectivity index (χ4v) is 3.46. The lowest BCUT2D eigenvalue weighted by molar-refractivity contribution is 0.414. The average molecular weight is 388 g/mol. The number of anilines is 1. The number of hydrogen-bond donors (Lipinski definition) is 3. The Balaban J connectivity index is 0.00000484. The lowest BCUT2D eigenvalue weighted by atomic mass is 10.3. The van der Waals surface area contributed by atoms with Gasteiger partial charge in [0.15, 0.2) is 0 Å². The lowest BCUT2D eigenvalue weighted by Gasteiger charge is -2.14. The van der Waals surface area contributed by atoms with Gasteiger partial charge in [0.2, 0.25) is 20.0 Å². The molecule has 23 heavy (non-hydrogen) atoms. The molecule has 0 fully saturated rings. The molecule has 0 spiro atoms. The monoisotopic (exact) mass is 387 g/mol. The molecule has 0 saturated carbocycles. The number of halogens is 1. The second kappa shape index (κ2) is 9.28. The predicted molar refractivity (Wildman–Crippen MR) is 92.4 cm³/mol. The van der Waals surface area contributed by atoms with Crippen molar-refractivity contribution in [2.24, 2.45) is 0 Å². The Morgan fingerprint density at radius 3 is 2.30 bits per heavy atom. The SMILES string of the molecule is CCS(=O)(=O)Nc1cc(OC)ccc1S(=O)(=O)NCCNC.Cl. The molecule has 0 radical (unpaired) electrons. The third kappa shape index (κ3) is 6.51. The van der Waals surface area contributed by atoms with Crippen molar-refractivity contribution < 1.29 is 21.6 Å². The van der Waals surface area contributed by atoms with Crippen molar-refractivity contribution in [2.75, 3.05) is 37.7 Å². The molecule has 0 aliphatic rings. The number of likely N-dealkylation sites (N-methyl/N-ethyl adjacent to an activating group) is 1. The largest absolute Gasteiger partial charge is 0.497 e. The minimum atomic E-state index is -3.84. The highest BCUT2D eigenvalue weighted by atomic mass is 35.5. The van der Waals surface area contributed by atoms with E-state index in [4.69, 9.17) is 4.74 Å². The molecule has 0 amide bonds. The van der Waals surface area contributed by atoms with E-state index in [0.29, 0.717) is 12.3 Å². The minimum absolute atomic E-state index is 0. The predicted octanol–water partition coefficient (Wildman–Crippen LogP) is 0.376. The van der Waals surface area contributed by atoms with Gasteiger partial charge in [-0.05, 0) is 26.1 Å². The number of ether oxygens (including phenoxy) is 1. The Labute approximate surface area is 143 Å². The van der Waals surface area contributed by atoms with Gasteiger partial charge >= 0.3 is 0 Å². The van der Waals surface area contributed by atoms with Gasteiger partial charge in [-0.3, -0.25) is 4.72 Å². The fourth-order valence-electron chi connectivity index (χ4n) is 1.58. The van der Waals surface area contributed by atoms with Crippen LogP contribution in [0.1, 0.15) is 6.92 Å². The first-order valence-electron chi connectivity index (χ1n) is 6.58. The molecule has 0 aliphatic heterocycles. The molecule has 1 rings (SSSR count). The van der Waals surface area contributed by atoms with Crippen molar-refractivity contribution >= 4 is 38.1 Å². The van der Waals surface area contributed by atoms with Crippen LogP contribution in [0.3, 0.4) is 0 Å². The highest BCUT2D eigenvalue weighted by Gasteiger charge is 2.21. The molecule has 8 nitrogen and oxygen atoms in total. The Kier molecular flexibility index (Phi) is 8.85. The van der Waals surface area contributed by atoms with E-state index in [0.717, 1.165) is 0 Å². The molecule has 0 aliphatic carbocycles. The Bertz CT molecular complexity index is 707. The number of methoxy groups -OCH3 is 1. The quantitative estimate of drug-likeness (QED) is 0.528. The van der Waals surface area contributed by atoms with Crippen LogP contribution < -0.4 is 19.5 Å². The van der Waals surface area contributed by atoms with Crippen LogP contribution >= 0.6 is 12.4 Å². The van der Waals surface area contributed by atoms with Crippen molar-refractivity contribution in [3.8, 4) is 5.75 Å². The topological polar surface area (TPSA) is 114 Å². The van der Waals surface area contributed by atoms with Gasteiger partial charge < -0.3 is 10.1 Å². The first-order valence-corrected chi connectivity index (χ1v) is 9.72. The standard InChI is InChI=1S/C12H21N3O5S2.ClH/c1-4-21(16,17)15-11-9-10(20-3)5-6-12(11)22(18,19)14-8-7-13-2;/h5-6,9,13-15H,4,7-8H2,1-3H3;1H. The molecule has 0 bridgehead atoms. The van der Waals surface area contributed by atoms with E-state index in [-0.39, 0.29) is 35.3 Å². The van der Waals surface area contributed by atoms with E-state index in [1.165, 1.54) is 32.2 Å². The molecule has 0 atom stereocenters. The molecule has 0 aromatic heterocycles. The maximum absolute atomic E-state index is 12.3. The van der Waals surface area contributed by atoms with Crippen molar-refractivity contribution in [1.82, 2.24) is 10.0 Å². The highest BCUT2D eigenvalue weighted by molar-refractivity contribution is 7.93. The molecule has 11 heteroatoms. The van der Waals surface area contributed by atoms with Gasteiger partial charge in [0.25, 0.3) is 0 Å². The maximum atomic E-state index is 12.3. The van der Waals surface area contributed by atoms with Crippen LogP contribution in [0.25, 0.3) is 0 Å². The molecule has 1 aromatic rings. The van der Waals surface area contributed by atoms with Gasteiger partial charge in [-0.15, -0.1) is 12.4 Å². The van der Waals surface area contributed by atoms with Gasteiger partial charge in [-0.1, -0.05) is 0 Å². The van der Waals surface area contributed by atoms with Gasteiger partial charge in [0.05, 0.1) is 18.6 Å². The molecule has 134 valence electrons. The second-order valence-corrected chi connectivity index (χ2v) is 8.12. The van der Waals surface area contributed by atoms with Crippen molar-refractivity contribution in [1.29, 1.82) is 0 Å². The summed E-state index contributed by atoms with van der Waals surface area (Å²) in [5.41, 5.74) is -0.0434. The number of nitrogens with one attached hydrogen (secondary N) is 3. The number of sulfonamides is 2. The average Bonchev–Trinajstić information content (AvgIpc) is 2.46. The zero-order valence-corrected chi connectivity index (χ0v) is 15.6. The van der Waals surface area contributed by atoms with E-state index in [1.54, 1.807) is 7.05 Å². The number of benzene rings is 1. The summed E-state index contributed by atoms with van der Waals surface area (Å²) in [5.74, 6) is 0.180. The first kappa shape index (κ1) is 21.9. The van der Waals surface area contributed by atoms with E-state index in [9.17, 15) is 16.8 Å². The lowest BCUT2D eigenvalue weighted by Crippen LogP contribution is -2.31. The summed E-state index contributed by atoms with van der Waals surface area (Å²) < 4.78 is 57.7. The zero-order chi connectivity index (χ0) is 16.8. The van der Waals surface area contributed by atoms with Gasteiger partial charge in [0.1, 0.15) is 10.6 Å². The van der Waals surface area contributed by atoms with E-state index >= 15 is 0 Å². The summed E-state index contributed by atoms with van der Waals surface area (Å²) in [4.78, 5) is -0.151. The second-order valence-electron chi connectivity index (χ2n) is 4.37. The van der Waals surface area contributed by atoms with Crippen LogP contribution in [0.5, 0.6) is 5.75 Å². The van der Waals surface area contributed by atoms with Crippen LogP contribution in [0.4, 0.5) is 5.69 Å². The molecule has 1 aromatic carbocycles. The Morgan fingerprint density at radius 1 is 1.13 bits per heavy atom. The fraction of sp³-hybridized carbons (Fsp3) is 0.500. The van der Waals surface area contributed by atoms with Crippen molar-refractivity contribution in [2.45, 2.75) is 11.8 Å². The maximum Gasteiger partial charge on any atom is 0.242 e. The van der Waals surface area contributed by atoms with Crippen molar-refractivity contribution in [3.05, 3.63) is 18.2 Å². The van der Waals surface area contributed by atoms with Crippen LogP contribution in [0, 0.1) is 0 Å². The molecular weight excluding hydrogens is 366 g/mol. The number of hydrogen-bond acceptors (Lipinski definition) is 6. The molecule has 0 unspecified atom stereocenters. The third-order valence-electron chi connectivity index (χ3n) is 2.79. The summed E-state index contributed by atoms with van der Waals surface area (Å²) >= 11 is 0. The Morgan fingerprint density at radius 2 is 1.78 bits per heavy atom. The molecule has 3 N–H and O–H groups in total. The van der Waals surface area contributed by atoms with E-state index in [1.807, 2.05) is 0 Å². The molecular formula is C12H22ClN3O5S2. The highest BCUT2D eigenvalue weighted by Crippen LogP contribution is 2.27. The summed E-state index contributed by atoms with van der Waals surface area (Å²) in [7, 11) is -4.35. The number of rotatable bonds is 9. The third-order valence-corrected chi connectivity index (χ3v) is 5.60. The molecule has 0 heterocycles. The minimum Gasteiger partial charge on any atom is -0.497 e. The Hall–Kier alpha value is -1.07. The summed E-state index contributed by atoms with van der Waals surface area (Å²) in [6, 6.07) is 4.09. The summed E-state index contributed by atoms with van der Waals surface area (Å²) in [6.45, 7) is 2.10. The van der Waals surface area contributed by atoms with E-state index < -0.39 is 20.0 Å². The van der Waals surface area contributed by atoms with E-state index in [2.05, 4.69) is 14.8 Å². The van der Waals surface area contributed by atoms with Gasteiger partial charge in [-0.2, -0.15) is 0 Å². The first-order chi connectivity index (χ1) is 10.3. The zero-order valence-electron chi connectivity index (χ0n) is 13.1. The summed E-state index contributed by atoms with van der Waals surface area (Å²) in [5, 5.41) is 2.81. The van der Waals surface area contributed by atoms with Crippen LogP contribution in [-0.2, 0) is 20.0 Å². The van der Waals surface area contributed by atoms with Crippen LogP contribution in [0.15, 0.2) is 23.1 Å². The van der Waals surface area contributed by atoms with Crippen LogP contribution in [-0.4, -0.2) is 49.8 Å². The van der Waals surface area contributed by atoms with Crippen LogP contribution in [0.2, 0.25) is 0 Å². The summed E-state index contributed by atoms with van der Waals surface area (Å²) in [6.07, 6.45) is 0. The van der Waals surface area contributed by atoms with Gasteiger partial charge in [0, 0.05) is 19.2 Å². The smallest absolute Gasteiger partial charge is 0.242 e. The van der Waals surface area contributed by atoms with Crippen molar-refractivity contribution in [3.63, 3.8) is 0 Å².